The molecule has 1 aromatic heterocycles. The van der Waals surface area contributed by atoms with Crippen LogP contribution in [0.5, 0.6) is 0 Å². The van der Waals surface area contributed by atoms with Crippen LogP contribution in [0.4, 0.5) is 5.82 Å². The summed E-state index contributed by atoms with van der Waals surface area (Å²) in [5.74, 6) is 1.08. The molecule has 0 aliphatic rings. The SMILES string of the molecule is CCN(CCCN(C)C)c1ccc(C(C)NC)cn1. The van der Waals surface area contributed by atoms with E-state index in [0.29, 0.717) is 6.04 Å². The molecule has 1 heterocycles. The number of nitrogens with one attached hydrogen (secondary N) is 1. The third-order valence-corrected chi connectivity index (χ3v) is 3.44. The van der Waals surface area contributed by atoms with Crippen LogP contribution in [0.1, 0.15) is 31.9 Å². The van der Waals surface area contributed by atoms with Crippen molar-refractivity contribution >= 4 is 5.82 Å². The second-order valence-electron chi connectivity index (χ2n) is 5.20. The van der Waals surface area contributed by atoms with Gasteiger partial charge >= 0.3 is 0 Å². The van der Waals surface area contributed by atoms with Gasteiger partial charge in [0.25, 0.3) is 0 Å². The van der Waals surface area contributed by atoms with Crippen molar-refractivity contribution in [2.24, 2.45) is 0 Å². The number of rotatable bonds is 8. The van der Waals surface area contributed by atoms with Crippen LogP contribution in [-0.4, -0.2) is 50.7 Å². The minimum absolute atomic E-state index is 0.352. The number of pyridine rings is 1. The lowest BCUT2D eigenvalue weighted by atomic mass is 10.1. The normalized spacial score (nSPS) is 12.7. The summed E-state index contributed by atoms with van der Waals surface area (Å²) >= 11 is 0. The summed E-state index contributed by atoms with van der Waals surface area (Å²) in [5, 5.41) is 3.23. The highest BCUT2D eigenvalue weighted by Crippen LogP contribution is 2.15. The van der Waals surface area contributed by atoms with Crippen molar-refractivity contribution in [3.63, 3.8) is 0 Å². The highest BCUT2D eigenvalue weighted by atomic mass is 15.2. The highest BCUT2D eigenvalue weighted by Gasteiger charge is 2.07. The fraction of sp³-hybridized carbons (Fsp3) is 0.667. The third-order valence-electron chi connectivity index (χ3n) is 3.44. The Bertz CT molecular complexity index is 348. The van der Waals surface area contributed by atoms with E-state index in [1.807, 2.05) is 13.2 Å². The first-order valence-electron chi connectivity index (χ1n) is 7.11. The van der Waals surface area contributed by atoms with Gasteiger partial charge in [0, 0.05) is 25.3 Å². The van der Waals surface area contributed by atoms with Gasteiger partial charge in [-0.3, -0.25) is 0 Å². The molecule has 4 nitrogen and oxygen atoms in total. The van der Waals surface area contributed by atoms with Gasteiger partial charge in [0.15, 0.2) is 0 Å². The molecule has 19 heavy (non-hydrogen) atoms. The maximum absolute atomic E-state index is 4.59. The van der Waals surface area contributed by atoms with Gasteiger partial charge in [0.1, 0.15) is 5.82 Å². The molecule has 0 spiro atoms. The van der Waals surface area contributed by atoms with E-state index in [9.17, 15) is 0 Å². The Hall–Kier alpha value is -1.13. The van der Waals surface area contributed by atoms with Crippen molar-refractivity contribution < 1.29 is 0 Å². The Morgan fingerprint density at radius 2 is 2.00 bits per heavy atom. The van der Waals surface area contributed by atoms with E-state index in [1.54, 1.807) is 0 Å². The lowest BCUT2D eigenvalue weighted by Gasteiger charge is -2.23. The van der Waals surface area contributed by atoms with Gasteiger partial charge < -0.3 is 15.1 Å². The molecule has 0 aliphatic carbocycles. The van der Waals surface area contributed by atoms with Crippen molar-refractivity contribution in [1.29, 1.82) is 0 Å². The van der Waals surface area contributed by atoms with Crippen LogP contribution < -0.4 is 10.2 Å². The molecule has 1 rings (SSSR count). The summed E-state index contributed by atoms with van der Waals surface area (Å²) in [5.41, 5.74) is 1.23. The molecular formula is C15H28N4. The second kappa shape index (κ2) is 8.12. The van der Waals surface area contributed by atoms with Gasteiger partial charge in [-0.2, -0.15) is 0 Å². The summed E-state index contributed by atoms with van der Waals surface area (Å²) in [6, 6.07) is 4.64. The van der Waals surface area contributed by atoms with Gasteiger partial charge in [-0.15, -0.1) is 0 Å². The lowest BCUT2D eigenvalue weighted by molar-refractivity contribution is 0.400. The molecule has 1 unspecified atom stereocenters. The summed E-state index contributed by atoms with van der Waals surface area (Å²) in [6.45, 7) is 7.50. The van der Waals surface area contributed by atoms with Crippen LogP contribution in [0.15, 0.2) is 18.3 Å². The van der Waals surface area contributed by atoms with Crippen LogP contribution in [-0.2, 0) is 0 Å². The molecule has 1 atom stereocenters. The Morgan fingerprint density at radius 3 is 2.47 bits per heavy atom. The molecule has 0 aromatic carbocycles. The summed E-state index contributed by atoms with van der Waals surface area (Å²) in [6.07, 6.45) is 3.14. The average molecular weight is 264 g/mol. The maximum Gasteiger partial charge on any atom is 0.128 e. The van der Waals surface area contributed by atoms with E-state index < -0.39 is 0 Å². The topological polar surface area (TPSA) is 31.4 Å². The predicted molar refractivity (Wildman–Crippen MR) is 82.8 cm³/mol. The fourth-order valence-electron chi connectivity index (χ4n) is 2.02. The third kappa shape index (κ3) is 5.17. The number of nitrogens with zero attached hydrogens (tertiary/aromatic N) is 3. The first kappa shape index (κ1) is 15.9. The van der Waals surface area contributed by atoms with Gasteiger partial charge in [0.2, 0.25) is 0 Å². The smallest absolute Gasteiger partial charge is 0.128 e. The highest BCUT2D eigenvalue weighted by molar-refractivity contribution is 5.39. The van der Waals surface area contributed by atoms with E-state index in [0.717, 1.165) is 31.9 Å². The molecular weight excluding hydrogens is 236 g/mol. The molecule has 108 valence electrons. The van der Waals surface area contributed by atoms with Crippen LogP contribution >= 0.6 is 0 Å². The minimum atomic E-state index is 0.352. The van der Waals surface area contributed by atoms with Crippen molar-refractivity contribution in [2.45, 2.75) is 26.3 Å². The van der Waals surface area contributed by atoms with Crippen molar-refractivity contribution in [3.8, 4) is 0 Å². The Morgan fingerprint density at radius 1 is 1.26 bits per heavy atom. The Kier molecular flexibility index (Phi) is 6.81. The van der Waals surface area contributed by atoms with Crippen molar-refractivity contribution in [2.75, 3.05) is 45.7 Å². The van der Waals surface area contributed by atoms with Crippen LogP contribution in [0.3, 0.4) is 0 Å². The number of anilines is 1. The van der Waals surface area contributed by atoms with E-state index in [2.05, 4.69) is 60.2 Å². The molecule has 0 aliphatic heterocycles. The van der Waals surface area contributed by atoms with Crippen molar-refractivity contribution in [3.05, 3.63) is 23.9 Å². The molecule has 1 aromatic rings. The molecule has 0 radical (unpaired) electrons. The molecule has 0 bridgehead atoms. The summed E-state index contributed by atoms with van der Waals surface area (Å²) < 4.78 is 0. The zero-order chi connectivity index (χ0) is 14.3. The number of hydrogen-bond acceptors (Lipinski definition) is 4. The van der Waals surface area contributed by atoms with Crippen LogP contribution in [0.2, 0.25) is 0 Å². The van der Waals surface area contributed by atoms with Crippen molar-refractivity contribution in [1.82, 2.24) is 15.2 Å². The predicted octanol–water partition coefficient (Wildman–Crippen LogP) is 2.14. The van der Waals surface area contributed by atoms with Gasteiger partial charge in [0.05, 0.1) is 0 Å². The van der Waals surface area contributed by atoms with Gasteiger partial charge in [-0.05, 0) is 59.6 Å². The molecule has 4 heteroatoms. The first-order valence-corrected chi connectivity index (χ1v) is 7.11. The minimum Gasteiger partial charge on any atom is -0.357 e. The molecule has 0 saturated heterocycles. The molecule has 0 fully saturated rings. The quantitative estimate of drug-likeness (QED) is 0.779. The first-order chi connectivity index (χ1) is 9.08. The van der Waals surface area contributed by atoms with Gasteiger partial charge in [-0.1, -0.05) is 6.07 Å². The van der Waals surface area contributed by atoms with E-state index in [1.165, 1.54) is 5.56 Å². The zero-order valence-corrected chi connectivity index (χ0v) is 13.0. The molecule has 0 saturated carbocycles. The van der Waals surface area contributed by atoms with Gasteiger partial charge in [-0.25, -0.2) is 4.98 Å². The fourth-order valence-corrected chi connectivity index (χ4v) is 2.02. The maximum atomic E-state index is 4.59. The van der Waals surface area contributed by atoms with E-state index in [-0.39, 0.29) is 0 Å². The summed E-state index contributed by atoms with van der Waals surface area (Å²) in [4.78, 5) is 9.14. The Balaban J connectivity index is 2.60. The second-order valence-corrected chi connectivity index (χ2v) is 5.20. The summed E-state index contributed by atoms with van der Waals surface area (Å²) in [7, 11) is 6.20. The largest absolute Gasteiger partial charge is 0.357 e. The van der Waals surface area contributed by atoms with E-state index in [4.69, 9.17) is 0 Å². The van der Waals surface area contributed by atoms with Crippen LogP contribution in [0.25, 0.3) is 0 Å². The van der Waals surface area contributed by atoms with Crippen LogP contribution in [0, 0.1) is 0 Å². The average Bonchev–Trinajstić information content (AvgIpc) is 2.43. The Labute approximate surface area is 117 Å². The monoisotopic (exact) mass is 264 g/mol. The lowest BCUT2D eigenvalue weighted by Crippen LogP contribution is -2.27. The zero-order valence-electron chi connectivity index (χ0n) is 13.0. The number of hydrogen-bond donors (Lipinski definition) is 1. The standard InChI is InChI=1S/C15H28N4/c1-6-19(11-7-10-18(4)5)15-9-8-14(12-17-15)13(2)16-3/h8-9,12-13,16H,6-7,10-11H2,1-5H3. The molecule has 1 N–H and O–H groups in total. The van der Waals surface area contributed by atoms with E-state index >= 15 is 0 Å². The number of aromatic nitrogens is 1. The molecule has 0 amide bonds.